The first kappa shape index (κ1) is 26.7. The molecule has 7 nitrogen and oxygen atoms in total. The molecule has 1 amide bonds. The van der Waals surface area contributed by atoms with E-state index in [1.165, 1.54) is 6.07 Å². The molecule has 0 atom stereocenters. The summed E-state index contributed by atoms with van der Waals surface area (Å²) in [5.74, 6) is -0.519. The second-order valence-electron chi connectivity index (χ2n) is 9.14. The Balaban J connectivity index is 1.45. The summed E-state index contributed by atoms with van der Waals surface area (Å²) in [5.41, 5.74) is 2.69. The largest absolute Gasteiger partial charge is 0.433 e. The summed E-state index contributed by atoms with van der Waals surface area (Å²) in [6, 6.07) is 14.2. The molecule has 12 heteroatoms. The summed E-state index contributed by atoms with van der Waals surface area (Å²) in [6.45, 7) is 5.91. The van der Waals surface area contributed by atoms with E-state index in [1.807, 2.05) is 19.9 Å². The molecule has 3 aromatic heterocycles. The van der Waals surface area contributed by atoms with Gasteiger partial charge in [-0.3, -0.25) is 9.48 Å². The number of nitrogens with one attached hydrogen (secondary N) is 1. The Morgan fingerprint density at radius 1 is 0.949 bits per heavy atom. The van der Waals surface area contributed by atoms with E-state index in [0.717, 1.165) is 28.5 Å². The molecule has 5 rings (SSSR count). The van der Waals surface area contributed by atoms with Crippen LogP contribution in [0.2, 0.25) is 10.0 Å². The van der Waals surface area contributed by atoms with E-state index in [-0.39, 0.29) is 22.9 Å². The van der Waals surface area contributed by atoms with Crippen LogP contribution in [0, 0.1) is 20.8 Å². The van der Waals surface area contributed by atoms with Gasteiger partial charge in [-0.05, 0) is 61.7 Å². The van der Waals surface area contributed by atoms with Crippen molar-refractivity contribution in [2.75, 3.05) is 5.32 Å². The molecule has 0 fully saturated rings. The van der Waals surface area contributed by atoms with E-state index in [0.29, 0.717) is 26.7 Å². The van der Waals surface area contributed by atoms with Crippen LogP contribution in [0.1, 0.15) is 38.6 Å². The van der Waals surface area contributed by atoms with Gasteiger partial charge in [0.15, 0.2) is 22.9 Å². The summed E-state index contributed by atoms with van der Waals surface area (Å²) in [5, 5.41) is 11.9. The summed E-state index contributed by atoms with van der Waals surface area (Å²) in [7, 11) is 0. The van der Waals surface area contributed by atoms with Crippen molar-refractivity contribution >= 4 is 40.6 Å². The number of hydrogen-bond donors (Lipinski definition) is 1. The first-order chi connectivity index (χ1) is 18.4. The topological polar surface area (TPSA) is 77.1 Å². The molecule has 0 saturated heterocycles. The standard InChI is InChI=1S/C27H21Cl2F3N6O/c1-14-4-5-17(8-15(14)2)21-11-23(27(30,31)32)38-25(33-21)12-22(35-38)26(39)34-24-9-16(3)37(36-24)13-18-6-7-19(28)10-20(18)29/h4-12H,13H2,1-3H3,(H,34,36,39). The molecule has 1 N–H and O–H groups in total. The number of hydrogen-bond acceptors (Lipinski definition) is 4. The first-order valence-corrected chi connectivity index (χ1v) is 12.5. The van der Waals surface area contributed by atoms with Crippen LogP contribution < -0.4 is 5.32 Å². The van der Waals surface area contributed by atoms with E-state index in [1.54, 1.807) is 48.0 Å². The fraction of sp³-hybridized carbons (Fsp3) is 0.185. The number of benzene rings is 2. The molecule has 2 aromatic carbocycles. The minimum absolute atomic E-state index is 0.109. The highest BCUT2D eigenvalue weighted by molar-refractivity contribution is 6.35. The summed E-state index contributed by atoms with van der Waals surface area (Å²) < 4.78 is 44.2. The van der Waals surface area contributed by atoms with E-state index in [4.69, 9.17) is 23.2 Å². The van der Waals surface area contributed by atoms with Gasteiger partial charge in [-0.25, -0.2) is 9.50 Å². The van der Waals surface area contributed by atoms with Gasteiger partial charge in [-0.1, -0.05) is 41.4 Å². The zero-order chi connectivity index (χ0) is 28.1. The van der Waals surface area contributed by atoms with Crippen molar-refractivity contribution in [1.82, 2.24) is 24.4 Å². The lowest BCUT2D eigenvalue weighted by molar-refractivity contribution is -0.142. The van der Waals surface area contributed by atoms with Gasteiger partial charge in [0.1, 0.15) is 0 Å². The number of anilines is 1. The molecule has 0 aliphatic carbocycles. The maximum atomic E-state index is 14.0. The second kappa shape index (κ2) is 10.0. The van der Waals surface area contributed by atoms with Crippen LogP contribution in [0.4, 0.5) is 19.0 Å². The van der Waals surface area contributed by atoms with Crippen molar-refractivity contribution < 1.29 is 18.0 Å². The Labute approximate surface area is 231 Å². The van der Waals surface area contributed by atoms with Gasteiger partial charge in [0.25, 0.3) is 5.91 Å². The maximum Gasteiger partial charge on any atom is 0.433 e. The lowest BCUT2D eigenvalue weighted by Crippen LogP contribution is -2.16. The maximum absolute atomic E-state index is 14.0. The van der Waals surface area contributed by atoms with Gasteiger partial charge in [0, 0.05) is 33.4 Å². The van der Waals surface area contributed by atoms with E-state index >= 15 is 0 Å². The normalized spacial score (nSPS) is 11.8. The number of amides is 1. The average molecular weight is 573 g/mol. The Kier molecular flexibility index (Phi) is 6.86. The minimum atomic E-state index is -4.73. The smallest absolute Gasteiger partial charge is 0.304 e. The van der Waals surface area contributed by atoms with Crippen molar-refractivity contribution in [3.63, 3.8) is 0 Å². The number of alkyl halides is 3. The Bertz CT molecular complexity index is 1740. The zero-order valence-corrected chi connectivity index (χ0v) is 22.4. The van der Waals surface area contributed by atoms with Crippen molar-refractivity contribution in [3.8, 4) is 11.3 Å². The van der Waals surface area contributed by atoms with E-state index < -0.39 is 17.8 Å². The number of carbonyl (C=O) groups excluding carboxylic acids is 1. The van der Waals surface area contributed by atoms with Crippen molar-refractivity contribution in [2.24, 2.45) is 0 Å². The summed E-state index contributed by atoms with van der Waals surface area (Å²) >= 11 is 12.2. The number of halogens is 5. The fourth-order valence-electron chi connectivity index (χ4n) is 4.06. The molecular weight excluding hydrogens is 552 g/mol. The van der Waals surface area contributed by atoms with Crippen LogP contribution in [0.5, 0.6) is 0 Å². The molecular formula is C27H21Cl2F3N6O. The number of rotatable bonds is 5. The highest BCUT2D eigenvalue weighted by atomic mass is 35.5. The van der Waals surface area contributed by atoms with Crippen LogP contribution in [0.3, 0.4) is 0 Å². The molecule has 5 aromatic rings. The van der Waals surface area contributed by atoms with Gasteiger partial charge in [-0.15, -0.1) is 0 Å². The van der Waals surface area contributed by atoms with Crippen LogP contribution in [0.25, 0.3) is 16.9 Å². The molecule has 0 aliphatic heterocycles. The van der Waals surface area contributed by atoms with E-state index in [9.17, 15) is 18.0 Å². The molecule has 0 bridgehead atoms. The van der Waals surface area contributed by atoms with Gasteiger partial charge >= 0.3 is 6.18 Å². The monoisotopic (exact) mass is 572 g/mol. The third-order valence-corrected chi connectivity index (χ3v) is 6.90. The summed E-state index contributed by atoms with van der Waals surface area (Å²) in [4.78, 5) is 17.3. The van der Waals surface area contributed by atoms with E-state index in [2.05, 4.69) is 20.5 Å². The number of aryl methyl sites for hydroxylation is 3. The highest BCUT2D eigenvalue weighted by Crippen LogP contribution is 2.33. The van der Waals surface area contributed by atoms with Crippen LogP contribution >= 0.6 is 23.2 Å². The molecule has 0 radical (unpaired) electrons. The molecule has 0 saturated carbocycles. The van der Waals surface area contributed by atoms with Crippen molar-refractivity contribution in [2.45, 2.75) is 33.5 Å². The quantitative estimate of drug-likeness (QED) is 0.243. The minimum Gasteiger partial charge on any atom is -0.304 e. The lowest BCUT2D eigenvalue weighted by Gasteiger charge is -2.11. The molecule has 3 heterocycles. The predicted octanol–water partition coefficient (Wildman–Crippen LogP) is 7.14. The van der Waals surface area contributed by atoms with Crippen molar-refractivity contribution in [3.05, 3.63) is 98.4 Å². The van der Waals surface area contributed by atoms with Gasteiger partial charge in [-0.2, -0.15) is 23.4 Å². The van der Waals surface area contributed by atoms with Gasteiger partial charge in [0.2, 0.25) is 0 Å². The average Bonchev–Trinajstić information content (AvgIpc) is 3.44. The number of aromatic nitrogens is 5. The summed E-state index contributed by atoms with van der Waals surface area (Å²) in [6.07, 6.45) is -4.73. The molecule has 200 valence electrons. The molecule has 39 heavy (non-hydrogen) atoms. The highest BCUT2D eigenvalue weighted by Gasteiger charge is 2.35. The third kappa shape index (κ3) is 5.48. The first-order valence-electron chi connectivity index (χ1n) is 11.7. The molecule has 0 aliphatic rings. The van der Waals surface area contributed by atoms with Crippen LogP contribution in [-0.4, -0.2) is 30.3 Å². The fourth-order valence-corrected chi connectivity index (χ4v) is 4.53. The Morgan fingerprint density at radius 3 is 2.41 bits per heavy atom. The number of nitrogens with zero attached hydrogens (tertiary/aromatic N) is 5. The molecule has 0 unspecified atom stereocenters. The zero-order valence-electron chi connectivity index (χ0n) is 20.9. The van der Waals surface area contributed by atoms with Gasteiger partial charge in [0.05, 0.1) is 12.2 Å². The van der Waals surface area contributed by atoms with Crippen LogP contribution in [0.15, 0.2) is 54.6 Å². The van der Waals surface area contributed by atoms with Gasteiger partial charge < -0.3 is 5.32 Å². The predicted molar refractivity (Wildman–Crippen MR) is 143 cm³/mol. The van der Waals surface area contributed by atoms with Crippen LogP contribution in [-0.2, 0) is 12.7 Å². The SMILES string of the molecule is Cc1ccc(-c2cc(C(F)(F)F)n3nc(C(=O)Nc4cc(C)n(Cc5ccc(Cl)cc5Cl)n4)cc3n2)cc1C. The number of fused-ring (bicyclic) bond motifs is 1. The second-order valence-corrected chi connectivity index (χ2v) is 9.99. The number of carbonyl (C=O) groups is 1. The Morgan fingerprint density at radius 2 is 1.72 bits per heavy atom. The van der Waals surface area contributed by atoms with Crippen molar-refractivity contribution in [1.29, 1.82) is 0 Å². The third-order valence-electron chi connectivity index (χ3n) is 6.31. The molecule has 0 spiro atoms. The lowest BCUT2D eigenvalue weighted by atomic mass is 10.0. The Hall–Kier alpha value is -3.89.